The van der Waals surface area contributed by atoms with E-state index in [1.54, 1.807) is 6.07 Å². The topological polar surface area (TPSA) is 60.7 Å². The molecule has 172 valence electrons. The molecule has 3 nitrogen and oxygen atoms in total. The summed E-state index contributed by atoms with van der Waals surface area (Å²) in [6, 6.07) is 20.6. The second-order valence-electron chi connectivity index (χ2n) is 9.61. The molecule has 0 aliphatic heterocycles. The summed E-state index contributed by atoms with van der Waals surface area (Å²) in [5.74, 6) is -0.109. The number of aryl methyl sites for hydroxylation is 6. The molecule has 3 N–H and O–H groups in total. The lowest BCUT2D eigenvalue weighted by Crippen LogP contribution is -2.30. The molecule has 0 radical (unpaired) electrons. The van der Waals surface area contributed by atoms with Crippen LogP contribution in [-0.4, -0.2) is 22.3 Å². The van der Waals surface area contributed by atoms with Gasteiger partial charge in [0.2, 0.25) is 0 Å². The van der Waals surface area contributed by atoms with Gasteiger partial charge in [-0.1, -0.05) is 94.0 Å². The summed E-state index contributed by atoms with van der Waals surface area (Å²) < 4.78 is 0. The van der Waals surface area contributed by atoms with E-state index in [1.165, 1.54) is 0 Å². The Morgan fingerprint density at radius 2 is 0.824 bits per heavy atom. The first-order valence-corrected chi connectivity index (χ1v) is 11.6. The van der Waals surface area contributed by atoms with Gasteiger partial charge in [0.25, 0.3) is 0 Å². The highest BCUT2D eigenvalue weighted by Crippen LogP contribution is 2.45. The molecule has 4 heteroatoms. The molecule has 0 atom stereocenters. The third-order valence-corrected chi connectivity index (χ3v) is 6.16. The van der Waals surface area contributed by atoms with E-state index in [0.29, 0.717) is 5.56 Å². The van der Waals surface area contributed by atoms with Crippen molar-refractivity contribution >= 4 is 12.6 Å². The molecule has 4 aromatic carbocycles. The van der Waals surface area contributed by atoms with Gasteiger partial charge in [-0.15, -0.1) is 0 Å². The summed E-state index contributed by atoms with van der Waals surface area (Å²) >= 11 is 0. The van der Waals surface area contributed by atoms with E-state index < -0.39 is 7.12 Å². The maximum atomic E-state index is 11.4. The average molecular weight is 450 g/mol. The Morgan fingerprint density at radius 3 is 1.21 bits per heavy atom. The second kappa shape index (κ2) is 9.13. The normalized spacial score (nSPS) is 11.1. The first kappa shape index (κ1) is 23.8. The number of aromatic hydroxyl groups is 1. The number of hydrogen-bond donors (Lipinski definition) is 3. The summed E-state index contributed by atoms with van der Waals surface area (Å²) in [7, 11) is -1.80. The number of benzene rings is 4. The quantitative estimate of drug-likeness (QED) is 0.338. The van der Waals surface area contributed by atoms with E-state index in [4.69, 9.17) is 0 Å². The van der Waals surface area contributed by atoms with Crippen LogP contribution in [0.25, 0.3) is 33.4 Å². The van der Waals surface area contributed by atoms with Crippen molar-refractivity contribution in [3.8, 4) is 39.1 Å². The van der Waals surface area contributed by atoms with Crippen LogP contribution in [0.15, 0.2) is 60.7 Å². The monoisotopic (exact) mass is 450 g/mol. The fraction of sp³-hybridized carbons (Fsp3) is 0.200. The van der Waals surface area contributed by atoms with Crippen molar-refractivity contribution in [3.63, 3.8) is 0 Å². The summed E-state index contributed by atoms with van der Waals surface area (Å²) in [6.45, 7) is 12.3. The molecule has 34 heavy (non-hydrogen) atoms. The van der Waals surface area contributed by atoms with Gasteiger partial charge in [-0.05, 0) is 63.8 Å². The maximum Gasteiger partial charge on any atom is 0.492 e. The molecule has 0 heterocycles. The number of phenolic OH excluding ortho intramolecular Hbond substituents is 1. The highest BCUT2D eigenvalue weighted by molar-refractivity contribution is 6.60. The van der Waals surface area contributed by atoms with Crippen molar-refractivity contribution in [1.29, 1.82) is 0 Å². The molecule has 4 aromatic rings. The van der Waals surface area contributed by atoms with Gasteiger partial charge in [0, 0.05) is 16.6 Å². The van der Waals surface area contributed by atoms with Gasteiger partial charge in [-0.25, -0.2) is 0 Å². The van der Waals surface area contributed by atoms with Crippen LogP contribution >= 0.6 is 0 Å². The Labute approximate surface area is 202 Å². The van der Waals surface area contributed by atoms with E-state index in [2.05, 4.69) is 70.2 Å². The molecular weight excluding hydrogens is 419 g/mol. The first-order chi connectivity index (χ1) is 16.0. The van der Waals surface area contributed by atoms with Gasteiger partial charge in [-0.3, -0.25) is 0 Å². The molecule has 0 saturated carbocycles. The summed E-state index contributed by atoms with van der Waals surface area (Å²) in [5, 5.41) is 31.9. The maximum absolute atomic E-state index is 11.4. The van der Waals surface area contributed by atoms with Gasteiger partial charge in [0.15, 0.2) is 0 Å². The summed E-state index contributed by atoms with van der Waals surface area (Å²) in [4.78, 5) is 0. The van der Waals surface area contributed by atoms with Crippen molar-refractivity contribution in [1.82, 2.24) is 0 Å². The number of phenols is 1. The van der Waals surface area contributed by atoms with Gasteiger partial charge >= 0.3 is 7.12 Å². The minimum atomic E-state index is -1.80. The Balaban J connectivity index is 2.23. The second-order valence-corrected chi connectivity index (χ2v) is 9.61. The van der Waals surface area contributed by atoms with Crippen LogP contribution in [0.3, 0.4) is 0 Å². The third kappa shape index (κ3) is 4.65. The Bertz CT molecular complexity index is 1340. The minimum Gasteiger partial charge on any atom is -0.508 e. The van der Waals surface area contributed by atoms with Crippen molar-refractivity contribution in [2.45, 2.75) is 41.5 Å². The van der Waals surface area contributed by atoms with E-state index in [1.807, 2.05) is 26.0 Å². The predicted molar refractivity (Wildman–Crippen MR) is 143 cm³/mol. The van der Waals surface area contributed by atoms with Crippen LogP contribution in [-0.2, 0) is 0 Å². The van der Waals surface area contributed by atoms with E-state index in [0.717, 1.165) is 61.2 Å². The van der Waals surface area contributed by atoms with Gasteiger partial charge in [-0.2, -0.15) is 0 Å². The van der Waals surface area contributed by atoms with E-state index >= 15 is 0 Å². The lowest BCUT2D eigenvalue weighted by molar-refractivity contribution is 0.420. The van der Waals surface area contributed by atoms with Crippen LogP contribution in [0.2, 0.25) is 0 Å². The van der Waals surface area contributed by atoms with Gasteiger partial charge in [0.05, 0.1) is 0 Å². The number of rotatable bonds is 4. The Morgan fingerprint density at radius 1 is 0.471 bits per heavy atom. The van der Waals surface area contributed by atoms with Crippen LogP contribution in [0.1, 0.15) is 33.4 Å². The smallest absolute Gasteiger partial charge is 0.492 e. The zero-order valence-electron chi connectivity index (χ0n) is 20.7. The molecule has 0 unspecified atom stereocenters. The highest BCUT2D eigenvalue weighted by atomic mass is 16.4. The molecule has 0 aliphatic carbocycles. The molecule has 0 bridgehead atoms. The molecule has 0 amide bonds. The third-order valence-electron chi connectivity index (χ3n) is 6.16. The molecular formula is C30H31BO3. The van der Waals surface area contributed by atoms with Crippen molar-refractivity contribution in [2.75, 3.05) is 0 Å². The standard InChI is InChI=1S/C30H31BO3/c1-17-7-18(2)11-23(10-17)26-16-27(31(33)34)30(32)29(25-14-21(5)9-22(6)15-25)28(26)24-12-19(3)8-20(4)13-24/h7-16,32-34H,1-6H3. The molecule has 0 spiro atoms. The molecule has 0 saturated heterocycles. The molecule has 0 aromatic heterocycles. The van der Waals surface area contributed by atoms with E-state index in [9.17, 15) is 15.2 Å². The van der Waals surface area contributed by atoms with Crippen LogP contribution in [0, 0.1) is 41.5 Å². The minimum absolute atomic E-state index is 0.0939. The SMILES string of the molecule is Cc1cc(C)cc(-c2cc(B(O)O)c(O)c(-c3cc(C)cc(C)c3)c2-c2cc(C)cc(C)c2)c1. The zero-order chi connectivity index (χ0) is 24.7. The number of hydrogen-bond acceptors (Lipinski definition) is 3. The molecule has 4 rings (SSSR count). The predicted octanol–water partition coefficient (Wildman–Crippen LogP) is 5.92. The van der Waals surface area contributed by atoms with Crippen LogP contribution in [0.5, 0.6) is 5.75 Å². The van der Waals surface area contributed by atoms with Gasteiger partial charge < -0.3 is 15.2 Å². The lowest BCUT2D eigenvalue weighted by atomic mass is 9.73. The largest absolute Gasteiger partial charge is 0.508 e. The lowest BCUT2D eigenvalue weighted by Gasteiger charge is -2.22. The van der Waals surface area contributed by atoms with Crippen molar-refractivity contribution < 1.29 is 15.2 Å². The Kier molecular flexibility index (Phi) is 6.40. The van der Waals surface area contributed by atoms with Crippen molar-refractivity contribution in [3.05, 3.63) is 94.0 Å². The highest BCUT2D eigenvalue weighted by Gasteiger charge is 2.27. The zero-order valence-corrected chi connectivity index (χ0v) is 20.7. The Hall–Kier alpha value is -3.34. The fourth-order valence-electron chi connectivity index (χ4n) is 5.07. The van der Waals surface area contributed by atoms with E-state index in [-0.39, 0.29) is 11.2 Å². The molecule has 0 fully saturated rings. The van der Waals surface area contributed by atoms with Crippen molar-refractivity contribution in [2.24, 2.45) is 0 Å². The average Bonchev–Trinajstić information content (AvgIpc) is 2.70. The van der Waals surface area contributed by atoms with Crippen LogP contribution < -0.4 is 5.46 Å². The fourth-order valence-corrected chi connectivity index (χ4v) is 5.07. The molecule has 0 aliphatic rings. The van der Waals surface area contributed by atoms with Gasteiger partial charge in [0.1, 0.15) is 5.75 Å². The summed E-state index contributed by atoms with van der Waals surface area (Å²) in [5.41, 5.74) is 11.9. The first-order valence-electron chi connectivity index (χ1n) is 11.6. The van der Waals surface area contributed by atoms with Crippen LogP contribution in [0.4, 0.5) is 0 Å². The summed E-state index contributed by atoms with van der Waals surface area (Å²) in [6.07, 6.45) is 0.